The maximum absolute atomic E-state index is 5.57. The Morgan fingerprint density at radius 2 is 2.30 bits per heavy atom. The molecule has 0 aromatic carbocycles. The first-order valence-electron chi connectivity index (χ1n) is 2.99. The van der Waals surface area contributed by atoms with E-state index >= 15 is 0 Å². The summed E-state index contributed by atoms with van der Waals surface area (Å²) < 4.78 is 5.16. The van der Waals surface area contributed by atoms with E-state index in [1.165, 1.54) is 0 Å². The Morgan fingerprint density at radius 3 is 2.50 bits per heavy atom. The molecule has 0 saturated heterocycles. The van der Waals surface area contributed by atoms with Gasteiger partial charge < -0.3 is 10.2 Å². The molecule has 1 atom stereocenters. The van der Waals surface area contributed by atoms with Crippen molar-refractivity contribution in [3.63, 3.8) is 0 Å². The van der Waals surface area contributed by atoms with Gasteiger partial charge in [-0.05, 0) is 13.8 Å². The fraction of sp³-hybridized carbons (Fsp3) is 0.500. The van der Waals surface area contributed by atoms with Crippen molar-refractivity contribution >= 4 is 15.9 Å². The Morgan fingerprint density at radius 1 is 1.70 bits per heavy atom. The van der Waals surface area contributed by atoms with Crippen molar-refractivity contribution in [1.82, 2.24) is 4.98 Å². The zero-order chi connectivity index (χ0) is 7.72. The first-order chi connectivity index (χ1) is 4.61. The van der Waals surface area contributed by atoms with Crippen LogP contribution < -0.4 is 5.73 Å². The average molecular weight is 205 g/mol. The van der Waals surface area contributed by atoms with Crippen LogP contribution >= 0.6 is 15.9 Å². The van der Waals surface area contributed by atoms with Crippen LogP contribution in [0.2, 0.25) is 0 Å². The van der Waals surface area contributed by atoms with Gasteiger partial charge in [0.25, 0.3) is 4.80 Å². The second-order valence-corrected chi connectivity index (χ2v) is 2.88. The lowest BCUT2D eigenvalue weighted by Gasteiger charge is -1.98. The monoisotopic (exact) mass is 204 g/mol. The molecule has 56 valence electrons. The third-order valence-electron chi connectivity index (χ3n) is 1.22. The number of rotatable bonds is 1. The van der Waals surface area contributed by atoms with Crippen LogP contribution in [0.1, 0.15) is 24.4 Å². The van der Waals surface area contributed by atoms with Crippen LogP contribution in [0.25, 0.3) is 0 Å². The van der Waals surface area contributed by atoms with Crippen LogP contribution in [-0.4, -0.2) is 4.98 Å². The van der Waals surface area contributed by atoms with Crippen molar-refractivity contribution in [2.24, 2.45) is 5.73 Å². The Hall–Kier alpha value is -0.350. The maximum atomic E-state index is 5.57. The van der Waals surface area contributed by atoms with E-state index in [2.05, 4.69) is 20.9 Å². The topological polar surface area (TPSA) is 52.0 Å². The zero-order valence-electron chi connectivity index (χ0n) is 5.89. The molecule has 0 spiro atoms. The molecule has 0 bridgehead atoms. The van der Waals surface area contributed by atoms with Crippen molar-refractivity contribution in [2.45, 2.75) is 19.9 Å². The van der Waals surface area contributed by atoms with Gasteiger partial charge in [-0.25, -0.2) is 4.98 Å². The predicted octanol–water partition coefficient (Wildman–Crippen LogP) is 1.77. The molecule has 1 heterocycles. The number of hydrogen-bond acceptors (Lipinski definition) is 3. The molecule has 1 aromatic heterocycles. The molecule has 10 heavy (non-hydrogen) atoms. The van der Waals surface area contributed by atoms with Gasteiger partial charge in [0.1, 0.15) is 5.76 Å². The minimum Gasteiger partial charge on any atom is -0.434 e. The summed E-state index contributed by atoms with van der Waals surface area (Å²) in [7, 11) is 0. The lowest BCUT2D eigenvalue weighted by atomic mass is 10.2. The van der Waals surface area contributed by atoms with Gasteiger partial charge in [0.05, 0.1) is 11.7 Å². The summed E-state index contributed by atoms with van der Waals surface area (Å²) in [6.45, 7) is 3.73. The third-order valence-corrected chi connectivity index (χ3v) is 1.56. The van der Waals surface area contributed by atoms with Crippen LogP contribution in [0.15, 0.2) is 9.22 Å². The normalized spacial score (nSPS) is 13.6. The molecule has 0 radical (unpaired) electrons. The lowest BCUT2D eigenvalue weighted by Crippen LogP contribution is -2.04. The smallest absolute Gasteiger partial charge is 0.264 e. The van der Waals surface area contributed by atoms with E-state index < -0.39 is 0 Å². The highest BCUT2D eigenvalue weighted by Crippen LogP contribution is 2.19. The molecular weight excluding hydrogens is 196 g/mol. The number of oxazole rings is 1. The number of hydrogen-bond donors (Lipinski definition) is 1. The van der Waals surface area contributed by atoms with Gasteiger partial charge >= 0.3 is 0 Å². The minimum atomic E-state index is -0.0844. The van der Waals surface area contributed by atoms with Crippen molar-refractivity contribution in [3.05, 3.63) is 16.3 Å². The van der Waals surface area contributed by atoms with Gasteiger partial charge in [-0.1, -0.05) is 0 Å². The van der Waals surface area contributed by atoms with E-state index in [1.54, 1.807) is 0 Å². The molecule has 0 aliphatic rings. The fourth-order valence-corrected chi connectivity index (χ4v) is 1.24. The summed E-state index contributed by atoms with van der Waals surface area (Å²) in [5.74, 6) is 0.742. The standard InChI is InChI=1S/C6H9BrN2O/c1-3(8)5-4(2)9-6(7)10-5/h3H,8H2,1-2H3. The number of aryl methyl sites for hydroxylation is 1. The Kier molecular flexibility index (Phi) is 2.11. The molecule has 1 aromatic rings. The lowest BCUT2D eigenvalue weighted by molar-refractivity contribution is 0.453. The number of nitrogens with two attached hydrogens (primary N) is 1. The predicted molar refractivity (Wildman–Crippen MR) is 41.5 cm³/mol. The SMILES string of the molecule is Cc1nc(Br)oc1C(C)N. The largest absolute Gasteiger partial charge is 0.434 e. The van der Waals surface area contributed by atoms with Crippen LogP contribution in [0, 0.1) is 6.92 Å². The van der Waals surface area contributed by atoms with Gasteiger partial charge in [-0.2, -0.15) is 0 Å². The first kappa shape index (κ1) is 7.75. The molecular formula is C6H9BrN2O. The van der Waals surface area contributed by atoms with E-state index in [4.69, 9.17) is 10.2 Å². The van der Waals surface area contributed by atoms with Crippen molar-refractivity contribution in [2.75, 3.05) is 0 Å². The van der Waals surface area contributed by atoms with Crippen LogP contribution in [0.3, 0.4) is 0 Å². The van der Waals surface area contributed by atoms with Gasteiger partial charge in [0.15, 0.2) is 0 Å². The second kappa shape index (κ2) is 2.72. The molecule has 0 saturated carbocycles. The average Bonchev–Trinajstić information content (AvgIpc) is 2.10. The molecule has 4 heteroatoms. The molecule has 0 amide bonds. The maximum Gasteiger partial charge on any atom is 0.264 e. The summed E-state index contributed by atoms with van der Waals surface area (Å²) >= 11 is 3.12. The highest BCUT2D eigenvalue weighted by molar-refractivity contribution is 9.10. The quantitative estimate of drug-likeness (QED) is 0.759. The molecule has 0 aliphatic carbocycles. The van der Waals surface area contributed by atoms with E-state index in [0.717, 1.165) is 11.5 Å². The van der Waals surface area contributed by atoms with Crippen molar-refractivity contribution in [1.29, 1.82) is 0 Å². The van der Waals surface area contributed by atoms with Gasteiger partial charge in [0.2, 0.25) is 0 Å². The second-order valence-electron chi connectivity index (χ2n) is 2.21. The minimum absolute atomic E-state index is 0.0844. The molecule has 2 N–H and O–H groups in total. The molecule has 0 fully saturated rings. The van der Waals surface area contributed by atoms with Crippen molar-refractivity contribution in [3.8, 4) is 0 Å². The highest BCUT2D eigenvalue weighted by atomic mass is 79.9. The highest BCUT2D eigenvalue weighted by Gasteiger charge is 2.10. The van der Waals surface area contributed by atoms with Crippen LogP contribution in [0.5, 0.6) is 0 Å². The zero-order valence-corrected chi connectivity index (χ0v) is 7.47. The first-order valence-corrected chi connectivity index (χ1v) is 3.79. The van der Waals surface area contributed by atoms with Gasteiger partial charge in [-0.3, -0.25) is 0 Å². The van der Waals surface area contributed by atoms with E-state index in [9.17, 15) is 0 Å². The summed E-state index contributed by atoms with van der Waals surface area (Å²) in [5.41, 5.74) is 6.42. The van der Waals surface area contributed by atoms with Gasteiger partial charge in [0, 0.05) is 15.9 Å². The summed E-state index contributed by atoms with van der Waals surface area (Å²) in [6.07, 6.45) is 0. The Labute approximate surface area is 67.7 Å². The Bertz CT molecular complexity index is 232. The summed E-state index contributed by atoms with van der Waals surface area (Å²) in [4.78, 5) is 4.50. The van der Waals surface area contributed by atoms with Gasteiger partial charge in [-0.15, -0.1) is 0 Å². The number of halogens is 1. The third kappa shape index (κ3) is 1.38. The molecule has 1 unspecified atom stereocenters. The Balaban J connectivity index is 3.03. The van der Waals surface area contributed by atoms with Crippen LogP contribution in [-0.2, 0) is 0 Å². The van der Waals surface area contributed by atoms with Crippen molar-refractivity contribution < 1.29 is 4.42 Å². The number of nitrogens with zero attached hydrogens (tertiary/aromatic N) is 1. The number of aromatic nitrogens is 1. The molecule has 3 nitrogen and oxygen atoms in total. The fourth-order valence-electron chi connectivity index (χ4n) is 0.797. The molecule has 1 rings (SSSR count). The summed E-state index contributed by atoms with van der Waals surface area (Å²) in [5, 5.41) is 0. The summed E-state index contributed by atoms with van der Waals surface area (Å²) in [6, 6.07) is -0.0844. The van der Waals surface area contributed by atoms with Crippen LogP contribution in [0.4, 0.5) is 0 Å². The van der Waals surface area contributed by atoms with E-state index in [0.29, 0.717) is 4.80 Å². The molecule has 0 aliphatic heterocycles. The van der Waals surface area contributed by atoms with E-state index in [1.807, 2.05) is 13.8 Å². The van der Waals surface area contributed by atoms with E-state index in [-0.39, 0.29) is 6.04 Å².